The van der Waals surface area contributed by atoms with Crippen LogP contribution in [0.5, 0.6) is 0 Å². The summed E-state index contributed by atoms with van der Waals surface area (Å²) in [5.74, 6) is -2.01. The third kappa shape index (κ3) is 2.60. The Balaban J connectivity index is 2.69. The summed E-state index contributed by atoms with van der Waals surface area (Å²) in [4.78, 5) is 10.5. The van der Waals surface area contributed by atoms with Crippen molar-refractivity contribution in [3.05, 3.63) is 35.9 Å². The van der Waals surface area contributed by atoms with Crippen molar-refractivity contribution in [1.82, 2.24) is 0 Å². The fraction of sp³-hybridized carbons (Fsp3) is 0.200. The molecule has 1 aromatic rings. The molecule has 66 valence electrons. The molecular formula is C10H9NO2. The molecule has 0 fully saturated rings. The second-order valence-electron chi connectivity index (χ2n) is 2.71. The molecule has 0 radical (unpaired) electrons. The number of carboxylic acid groups (broad SMARTS) is 1. The zero-order chi connectivity index (χ0) is 9.68. The first kappa shape index (κ1) is 9.27. The lowest BCUT2D eigenvalue weighted by Gasteiger charge is -2.02. The largest absolute Gasteiger partial charge is 0.480 e. The second kappa shape index (κ2) is 4.27. The van der Waals surface area contributed by atoms with Gasteiger partial charge in [-0.05, 0) is 12.0 Å². The minimum atomic E-state index is -1.06. The van der Waals surface area contributed by atoms with Crippen molar-refractivity contribution < 1.29 is 9.90 Å². The van der Waals surface area contributed by atoms with Gasteiger partial charge < -0.3 is 5.11 Å². The first-order valence-electron chi connectivity index (χ1n) is 3.90. The SMILES string of the molecule is N#CC(Cc1ccccc1)C(=O)O. The van der Waals surface area contributed by atoms with Crippen LogP contribution in [0, 0.1) is 17.2 Å². The first-order valence-corrected chi connectivity index (χ1v) is 3.90. The van der Waals surface area contributed by atoms with E-state index < -0.39 is 11.9 Å². The first-order chi connectivity index (χ1) is 6.24. The molecule has 0 amide bonds. The van der Waals surface area contributed by atoms with Gasteiger partial charge in [0.25, 0.3) is 0 Å². The average Bonchev–Trinajstić information content (AvgIpc) is 2.15. The summed E-state index contributed by atoms with van der Waals surface area (Å²) in [6, 6.07) is 10.9. The molecule has 0 aliphatic heterocycles. The molecule has 3 nitrogen and oxygen atoms in total. The highest BCUT2D eigenvalue weighted by Crippen LogP contribution is 2.07. The molecule has 0 bridgehead atoms. The standard InChI is InChI=1S/C10H9NO2/c11-7-9(10(12)13)6-8-4-2-1-3-5-8/h1-5,9H,6H2,(H,12,13). The summed E-state index contributed by atoms with van der Waals surface area (Å²) in [5, 5.41) is 17.1. The molecule has 0 heterocycles. The van der Waals surface area contributed by atoms with E-state index in [0.717, 1.165) is 5.56 Å². The molecule has 0 aromatic heterocycles. The molecule has 1 N–H and O–H groups in total. The number of carbonyl (C=O) groups is 1. The van der Waals surface area contributed by atoms with E-state index in [-0.39, 0.29) is 6.42 Å². The fourth-order valence-electron chi connectivity index (χ4n) is 1.04. The van der Waals surface area contributed by atoms with Gasteiger partial charge in [-0.15, -0.1) is 0 Å². The van der Waals surface area contributed by atoms with E-state index in [1.807, 2.05) is 30.3 Å². The number of carboxylic acids is 1. The van der Waals surface area contributed by atoms with Gasteiger partial charge in [-0.2, -0.15) is 5.26 Å². The minimum absolute atomic E-state index is 0.271. The van der Waals surface area contributed by atoms with Crippen LogP contribution in [0.1, 0.15) is 5.56 Å². The Labute approximate surface area is 76.2 Å². The van der Waals surface area contributed by atoms with Crippen molar-refractivity contribution in [2.24, 2.45) is 5.92 Å². The van der Waals surface area contributed by atoms with E-state index in [9.17, 15) is 4.79 Å². The number of hydrogen-bond donors (Lipinski definition) is 1. The predicted octanol–water partition coefficient (Wildman–Crippen LogP) is 1.45. The van der Waals surface area contributed by atoms with Gasteiger partial charge in [-0.25, -0.2) is 0 Å². The van der Waals surface area contributed by atoms with Crippen molar-refractivity contribution in [2.75, 3.05) is 0 Å². The molecule has 1 rings (SSSR count). The number of hydrogen-bond acceptors (Lipinski definition) is 2. The van der Waals surface area contributed by atoms with Gasteiger partial charge in [-0.1, -0.05) is 30.3 Å². The summed E-state index contributed by atoms with van der Waals surface area (Å²) in [5.41, 5.74) is 0.872. The van der Waals surface area contributed by atoms with Crippen molar-refractivity contribution in [2.45, 2.75) is 6.42 Å². The van der Waals surface area contributed by atoms with Gasteiger partial charge in [0.1, 0.15) is 5.92 Å². The normalized spacial score (nSPS) is 11.6. The molecule has 1 aromatic carbocycles. The smallest absolute Gasteiger partial charge is 0.321 e. The van der Waals surface area contributed by atoms with Crippen molar-refractivity contribution in [1.29, 1.82) is 5.26 Å². The van der Waals surface area contributed by atoms with Crippen molar-refractivity contribution in [3.63, 3.8) is 0 Å². The third-order valence-electron chi connectivity index (χ3n) is 1.74. The number of benzene rings is 1. The summed E-state index contributed by atoms with van der Waals surface area (Å²) >= 11 is 0. The van der Waals surface area contributed by atoms with E-state index in [0.29, 0.717) is 0 Å². The average molecular weight is 175 g/mol. The van der Waals surface area contributed by atoms with Crippen LogP contribution in [0.15, 0.2) is 30.3 Å². The summed E-state index contributed by atoms with van der Waals surface area (Å²) in [7, 11) is 0. The summed E-state index contributed by atoms with van der Waals surface area (Å²) in [6.45, 7) is 0. The maximum absolute atomic E-state index is 10.5. The quantitative estimate of drug-likeness (QED) is 0.756. The molecule has 0 spiro atoms. The van der Waals surface area contributed by atoms with Crippen molar-refractivity contribution >= 4 is 5.97 Å². The number of aliphatic carboxylic acids is 1. The maximum atomic E-state index is 10.5. The lowest BCUT2D eigenvalue weighted by atomic mass is 10.0. The number of nitriles is 1. The van der Waals surface area contributed by atoms with E-state index >= 15 is 0 Å². The zero-order valence-corrected chi connectivity index (χ0v) is 6.97. The molecule has 0 saturated heterocycles. The molecule has 13 heavy (non-hydrogen) atoms. The third-order valence-corrected chi connectivity index (χ3v) is 1.74. The number of rotatable bonds is 3. The van der Waals surface area contributed by atoms with Gasteiger partial charge in [-0.3, -0.25) is 4.79 Å². The van der Waals surface area contributed by atoms with E-state index in [2.05, 4.69) is 0 Å². The van der Waals surface area contributed by atoms with Gasteiger partial charge in [0.05, 0.1) is 6.07 Å². The predicted molar refractivity (Wildman–Crippen MR) is 46.9 cm³/mol. The Hall–Kier alpha value is -1.82. The van der Waals surface area contributed by atoms with Crippen molar-refractivity contribution in [3.8, 4) is 6.07 Å². The highest BCUT2D eigenvalue weighted by molar-refractivity contribution is 5.73. The molecule has 0 saturated carbocycles. The molecule has 3 heteroatoms. The van der Waals surface area contributed by atoms with E-state index in [1.165, 1.54) is 0 Å². The van der Waals surface area contributed by atoms with Crippen LogP contribution in [0.2, 0.25) is 0 Å². The van der Waals surface area contributed by atoms with Gasteiger partial charge in [0.2, 0.25) is 0 Å². The fourth-order valence-corrected chi connectivity index (χ4v) is 1.04. The molecular weight excluding hydrogens is 166 g/mol. The van der Waals surface area contributed by atoms with Crippen LogP contribution in [0.4, 0.5) is 0 Å². The van der Waals surface area contributed by atoms with Gasteiger partial charge in [0.15, 0.2) is 0 Å². The Morgan fingerprint density at radius 3 is 2.54 bits per heavy atom. The van der Waals surface area contributed by atoms with E-state index in [1.54, 1.807) is 6.07 Å². The highest BCUT2D eigenvalue weighted by atomic mass is 16.4. The van der Waals surface area contributed by atoms with Crippen LogP contribution in [0.25, 0.3) is 0 Å². The lowest BCUT2D eigenvalue weighted by Crippen LogP contribution is -2.13. The summed E-state index contributed by atoms with van der Waals surface area (Å²) in [6.07, 6.45) is 0.271. The molecule has 0 aliphatic carbocycles. The lowest BCUT2D eigenvalue weighted by molar-refractivity contribution is -0.139. The van der Waals surface area contributed by atoms with Crippen LogP contribution < -0.4 is 0 Å². The highest BCUT2D eigenvalue weighted by Gasteiger charge is 2.16. The maximum Gasteiger partial charge on any atom is 0.321 e. The minimum Gasteiger partial charge on any atom is -0.480 e. The Morgan fingerprint density at radius 1 is 1.46 bits per heavy atom. The van der Waals surface area contributed by atoms with Crippen LogP contribution >= 0.6 is 0 Å². The van der Waals surface area contributed by atoms with Crippen LogP contribution in [0.3, 0.4) is 0 Å². The Morgan fingerprint density at radius 2 is 2.08 bits per heavy atom. The van der Waals surface area contributed by atoms with Gasteiger partial charge >= 0.3 is 5.97 Å². The monoisotopic (exact) mass is 175 g/mol. The van der Waals surface area contributed by atoms with Crippen LogP contribution in [-0.2, 0) is 11.2 Å². The molecule has 0 aliphatic rings. The van der Waals surface area contributed by atoms with Crippen LogP contribution in [-0.4, -0.2) is 11.1 Å². The summed E-state index contributed by atoms with van der Waals surface area (Å²) < 4.78 is 0. The topological polar surface area (TPSA) is 61.1 Å². The second-order valence-corrected chi connectivity index (χ2v) is 2.71. The Bertz CT molecular complexity index is 327. The molecule has 1 atom stereocenters. The van der Waals surface area contributed by atoms with Gasteiger partial charge in [0, 0.05) is 0 Å². The molecule has 1 unspecified atom stereocenters. The van der Waals surface area contributed by atoms with E-state index in [4.69, 9.17) is 10.4 Å². The zero-order valence-electron chi connectivity index (χ0n) is 6.97. The number of nitrogens with zero attached hydrogens (tertiary/aromatic N) is 1. The Kier molecular flexibility index (Phi) is 3.04.